The van der Waals surface area contributed by atoms with E-state index in [0.717, 1.165) is 19.3 Å². The largest absolute Gasteiger partial charge is 0.466 e. The first kappa shape index (κ1) is 11.4. The van der Waals surface area contributed by atoms with Crippen molar-refractivity contribution in [2.45, 2.75) is 45.1 Å². The Labute approximate surface area is 95.9 Å². The summed E-state index contributed by atoms with van der Waals surface area (Å²) in [4.78, 5) is 25.5. The van der Waals surface area contributed by atoms with Crippen LogP contribution in [0.3, 0.4) is 0 Å². The maximum Gasteiger partial charge on any atom is 0.314 e. The summed E-state index contributed by atoms with van der Waals surface area (Å²) in [6.07, 6.45) is 3.96. The monoisotopic (exact) mass is 225 g/mol. The molecule has 0 unspecified atom stereocenters. The zero-order chi connectivity index (χ0) is 11.8. The summed E-state index contributed by atoms with van der Waals surface area (Å²) in [7, 11) is 1.81. The van der Waals surface area contributed by atoms with Gasteiger partial charge >= 0.3 is 5.97 Å². The normalized spacial score (nSPS) is 33.8. The third kappa shape index (κ3) is 1.51. The number of fused-ring (bicyclic) bond motifs is 1. The predicted octanol–water partition coefficient (Wildman–Crippen LogP) is 1.34. The lowest BCUT2D eigenvalue weighted by Crippen LogP contribution is -2.54. The van der Waals surface area contributed by atoms with Crippen molar-refractivity contribution in [1.82, 2.24) is 4.90 Å². The summed E-state index contributed by atoms with van der Waals surface area (Å²) >= 11 is 0. The van der Waals surface area contributed by atoms with Crippen molar-refractivity contribution < 1.29 is 14.3 Å². The zero-order valence-corrected chi connectivity index (χ0v) is 9.99. The van der Waals surface area contributed by atoms with E-state index in [-0.39, 0.29) is 17.9 Å². The van der Waals surface area contributed by atoms with Crippen LogP contribution in [0, 0.1) is 5.41 Å². The van der Waals surface area contributed by atoms with Crippen LogP contribution in [0.1, 0.15) is 39.0 Å². The summed E-state index contributed by atoms with van der Waals surface area (Å²) in [6, 6.07) is 0.0628. The van der Waals surface area contributed by atoms with Crippen LogP contribution in [-0.2, 0) is 14.3 Å². The van der Waals surface area contributed by atoms with Crippen molar-refractivity contribution in [3.05, 3.63) is 0 Å². The van der Waals surface area contributed by atoms with Gasteiger partial charge in [0.15, 0.2) is 0 Å². The minimum absolute atomic E-state index is 0.0628. The molecule has 1 heterocycles. The molecular weight excluding hydrogens is 206 g/mol. The first-order valence-corrected chi connectivity index (χ1v) is 6.04. The summed E-state index contributed by atoms with van der Waals surface area (Å²) in [5, 5.41) is 0. The second kappa shape index (κ2) is 4.07. The van der Waals surface area contributed by atoms with Crippen molar-refractivity contribution in [3.8, 4) is 0 Å². The molecule has 1 saturated heterocycles. The number of rotatable bonds is 2. The van der Waals surface area contributed by atoms with E-state index in [1.54, 1.807) is 4.90 Å². The fraction of sp³-hybridized carbons (Fsp3) is 0.833. The minimum atomic E-state index is -0.404. The SMILES string of the molecule is CCOC(=O)[C@]12CCC[C@H]1N(C)C(=O)CC2. The van der Waals surface area contributed by atoms with Gasteiger partial charge in [0.2, 0.25) is 5.91 Å². The Hall–Kier alpha value is -1.06. The summed E-state index contributed by atoms with van der Waals surface area (Å²) in [5.41, 5.74) is -0.404. The number of likely N-dealkylation sites (tertiary alicyclic amines) is 1. The highest BCUT2D eigenvalue weighted by Gasteiger charge is 2.54. The van der Waals surface area contributed by atoms with E-state index in [1.807, 2.05) is 14.0 Å². The molecule has 2 aliphatic rings. The lowest BCUT2D eigenvalue weighted by Gasteiger charge is -2.42. The van der Waals surface area contributed by atoms with Crippen LogP contribution >= 0.6 is 0 Å². The average Bonchev–Trinajstić information content (AvgIpc) is 2.70. The number of ether oxygens (including phenoxy) is 1. The van der Waals surface area contributed by atoms with Crippen molar-refractivity contribution in [2.24, 2.45) is 5.41 Å². The number of carbonyl (C=O) groups is 2. The fourth-order valence-electron chi connectivity index (χ4n) is 3.20. The van der Waals surface area contributed by atoms with Crippen LogP contribution < -0.4 is 0 Å². The van der Waals surface area contributed by atoms with Gasteiger partial charge in [-0.15, -0.1) is 0 Å². The molecule has 0 spiro atoms. The quantitative estimate of drug-likeness (QED) is 0.666. The second-order valence-corrected chi connectivity index (χ2v) is 4.79. The van der Waals surface area contributed by atoms with Crippen LogP contribution in [0.4, 0.5) is 0 Å². The number of esters is 1. The molecule has 90 valence electrons. The molecule has 2 rings (SSSR count). The van der Waals surface area contributed by atoms with Crippen LogP contribution in [0.15, 0.2) is 0 Å². The smallest absolute Gasteiger partial charge is 0.314 e. The number of amides is 1. The lowest BCUT2D eigenvalue weighted by atomic mass is 9.75. The molecule has 0 radical (unpaired) electrons. The van der Waals surface area contributed by atoms with Crippen LogP contribution in [-0.4, -0.2) is 36.5 Å². The molecule has 0 aromatic carbocycles. The number of carbonyl (C=O) groups excluding carboxylic acids is 2. The molecule has 4 nitrogen and oxygen atoms in total. The minimum Gasteiger partial charge on any atom is -0.466 e. The maximum atomic E-state index is 12.1. The Bertz CT molecular complexity index is 315. The standard InChI is InChI=1S/C12H19NO3/c1-3-16-11(15)12-7-4-5-9(12)13(2)10(14)6-8-12/h9H,3-8H2,1-2H3/t9-,12+/m1/s1. The molecule has 16 heavy (non-hydrogen) atoms. The van der Waals surface area contributed by atoms with Gasteiger partial charge in [-0.1, -0.05) is 6.42 Å². The molecule has 0 bridgehead atoms. The van der Waals surface area contributed by atoms with Crippen LogP contribution in [0.25, 0.3) is 0 Å². The second-order valence-electron chi connectivity index (χ2n) is 4.79. The molecule has 1 amide bonds. The number of nitrogens with zero attached hydrogens (tertiary/aromatic N) is 1. The molecule has 1 aliphatic heterocycles. The van der Waals surface area contributed by atoms with Gasteiger partial charge < -0.3 is 9.64 Å². The first-order chi connectivity index (χ1) is 7.62. The van der Waals surface area contributed by atoms with E-state index in [9.17, 15) is 9.59 Å². The van der Waals surface area contributed by atoms with Gasteiger partial charge in [0.1, 0.15) is 0 Å². The zero-order valence-electron chi connectivity index (χ0n) is 9.99. The molecule has 4 heteroatoms. The predicted molar refractivity (Wildman–Crippen MR) is 58.7 cm³/mol. The van der Waals surface area contributed by atoms with Crippen molar-refractivity contribution in [3.63, 3.8) is 0 Å². The fourth-order valence-corrected chi connectivity index (χ4v) is 3.20. The van der Waals surface area contributed by atoms with Gasteiger partial charge in [0, 0.05) is 19.5 Å². The van der Waals surface area contributed by atoms with Gasteiger partial charge in [-0.05, 0) is 26.2 Å². The van der Waals surface area contributed by atoms with Gasteiger partial charge in [0.05, 0.1) is 12.0 Å². The maximum absolute atomic E-state index is 12.1. The Morgan fingerprint density at radius 3 is 3.00 bits per heavy atom. The van der Waals surface area contributed by atoms with Gasteiger partial charge in [-0.2, -0.15) is 0 Å². The van der Waals surface area contributed by atoms with Crippen molar-refractivity contribution in [2.75, 3.05) is 13.7 Å². The van der Waals surface area contributed by atoms with E-state index < -0.39 is 5.41 Å². The molecule has 1 saturated carbocycles. The highest BCUT2D eigenvalue weighted by molar-refractivity contribution is 5.84. The summed E-state index contributed by atoms with van der Waals surface area (Å²) in [5.74, 6) is 0.0590. The highest BCUT2D eigenvalue weighted by atomic mass is 16.5. The van der Waals surface area contributed by atoms with Gasteiger partial charge in [0.25, 0.3) is 0 Å². The first-order valence-electron chi connectivity index (χ1n) is 6.04. The van der Waals surface area contributed by atoms with Crippen molar-refractivity contribution >= 4 is 11.9 Å². The Balaban J connectivity index is 2.24. The van der Waals surface area contributed by atoms with E-state index in [4.69, 9.17) is 4.74 Å². The van der Waals surface area contributed by atoms with E-state index in [2.05, 4.69) is 0 Å². The molecule has 0 N–H and O–H groups in total. The third-order valence-electron chi connectivity index (χ3n) is 4.07. The molecule has 2 atom stereocenters. The van der Waals surface area contributed by atoms with E-state index >= 15 is 0 Å². The topological polar surface area (TPSA) is 46.6 Å². The number of hydrogen-bond acceptors (Lipinski definition) is 3. The number of hydrogen-bond donors (Lipinski definition) is 0. The van der Waals surface area contributed by atoms with Crippen molar-refractivity contribution in [1.29, 1.82) is 0 Å². The summed E-state index contributed by atoms with van der Waals surface area (Å²) < 4.78 is 5.19. The third-order valence-corrected chi connectivity index (χ3v) is 4.07. The molecule has 1 aliphatic carbocycles. The van der Waals surface area contributed by atoms with Gasteiger partial charge in [-0.25, -0.2) is 0 Å². The Kier molecular flexibility index (Phi) is 2.91. The van der Waals surface area contributed by atoms with Crippen LogP contribution in [0.2, 0.25) is 0 Å². The van der Waals surface area contributed by atoms with E-state index in [0.29, 0.717) is 19.4 Å². The molecule has 2 fully saturated rings. The average molecular weight is 225 g/mol. The Morgan fingerprint density at radius 1 is 1.56 bits per heavy atom. The summed E-state index contributed by atoms with van der Waals surface area (Å²) in [6.45, 7) is 2.25. The number of piperidine rings is 1. The van der Waals surface area contributed by atoms with Crippen LogP contribution in [0.5, 0.6) is 0 Å². The Morgan fingerprint density at radius 2 is 2.31 bits per heavy atom. The molecule has 0 aromatic heterocycles. The van der Waals surface area contributed by atoms with E-state index in [1.165, 1.54) is 0 Å². The highest BCUT2D eigenvalue weighted by Crippen LogP contribution is 2.48. The lowest BCUT2D eigenvalue weighted by molar-refractivity contribution is -0.164. The van der Waals surface area contributed by atoms with Gasteiger partial charge in [-0.3, -0.25) is 9.59 Å². The molecule has 0 aromatic rings. The molecular formula is C12H19NO3.